The summed E-state index contributed by atoms with van der Waals surface area (Å²) in [6.45, 7) is 6.11. The summed E-state index contributed by atoms with van der Waals surface area (Å²) >= 11 is 3.48. The first kappa shape index (κ1) is 14.6. The molecule has 2 nitrogen and oxygen atoms in total. The molecular formula is C16H22BrNO. The number of piperidine rings is 1. The predicted octanol–water partition coefficient (Wildman–Crippen LogP) is 4.20. The number of carbonyl (C=O) groups excluding carboxylic acids is 1. The molecule has 0 bridgehead atoms. The lowest BCUT2D eigenvalue weighted by molar-refractivity contribution is -0.132. The highest BCUT2D eigenvalue weighted by Crippen LogP contribution is 2.32. The third-order valence-corrected chi connectivity index (χ3v) is 4.83. The van der Waals surface area contributed by atoms with Crippen molar-refractivity contribution in [3.63, 3.8) is 0 Å². The van der Waals surface area contributed by atoms with Gasteiger partial charge in [-0.25, -0.2) is 0 Å². The van der Waals surface area contributed by atoms with Crippen LogP contribution in [-0.2, 0) is 4.79 Å². The summed E-state index contributed by atoms with van der Waals surface area (Å²) < 4.78 is 1.13. The topological polar surface area (TPSA) is 20.3 Å². The molecule has 0 spiro atoms. The normalized spacial score (nSPS) is 18.4. The molecule has 1 aromatic rings. The van der Waals surface area contributed by atoms with Crippen molar-refractivity contribution in [3.05, 3.63) is 34.3 Å². The zero-order valence-corrected chi connectivity index (χ0v) is 13.3. The second kappa shape index (κ2) is 6.56. The van der Waals surface area contributed by atoms with Gasteiger partial charge in [0.25, 0.3) is 0 Å². The largest absolute Gasteiger partial charge is 0.343 e. The number of likely N-dealkylation sites (tertiary alicyclic amines) is 1. The minimum atomic E-state index is 0.301. The standard InChI is InChI=1S/C16H22BrNO/c1-3-16(19)18-10-8-14(9-11-18)12(2)13-4-6-15(17)7-5-13/h4-7,12,14H,3,8-11H2,1-2H3. The molecule has 1 atom stereocenters. The first-order valence-electron chi connectivity index (χ1n) is 7.15. The zero-order valence-electron chi connectivity index (χ0n) is 11.7. The fraction of sp³-hybridized carbons (Fsp3) is 0.562. The zero-order chi connectivity index (χ0) is 13.8. The van der Waals surface area contributed by atoms with Gasteiger partial charge in [-0.15, -0.1) is 0 Å². The lowest BCUT2D eigenvalue weighted by Crippen LogP contribution is -2.39. The van der Waals surface area contributed by atoms with E-state index in [1.165, 1.54) is 5.56 Å². The van der Waals surface area contributed by atoms with Crippen LogP contribution in [0.2, 0.25) is 0 Å². The van der Waals surface area contributed by atoms with E-state index >= 15 is 0 Å². The van der Waals surface area contributed by atoms with Gasteiger partial charge in [-0.05, 0) is 42.4 Å². The van der Waals surface area contributed by atoms with Gasteiger partial charge >= 0.3 is 0 Å². The quantitative estimate of drug-likeness (QED) is 0.816. The van der Waals surface area contributed by atoms with Crippen molar-refractivity contribution in [2.24, 2.45) is 5.92 Å². The summed E-state index contributed by atoms with van der Waals surface area (Å²) in [6, 6.07) is 8.64. The Balaban J connectivity index is 1.94. The molecule has 1 unspecified atom stereocenters. The van der Waals surface area contributed by atoms with Gasteiger partial charge in [0.15, 0.2) is 0 Å². The maximum Gasteiger partial charge on any atom is 0.222 e. The van der Waals surface area contributed by atoms with E-state index in [4.69, 9.17) is 0 Å². The van der Waals surface area contributed by atoms with Crippen LogP contribution in [0.1, 0.15) is 44.6 Å². The van der Waals surface area contributed by atoms with Crippen LogP contribution in [0.15, 0.2) is 28.7 Å². The predicted molar refractivity (Wildman–Crippen MR) is 82.2 cm³/mol. The highest BCUT2D eigenvalue weighted by Gasteiger charge is 2.26. The molecule has 0 aliphatic carbocycles. The number of halogens is 1. The van der Waals surface area contributed by atoms with E-state index in [-0.39, 0.29) is 0 Å². The first-order chi connectivity index (χ1) is 9.11. The minimum Gasteiger partial charge on any atom is -0.343 e. The SMILES string of the molecule is CCC(=O)N1CCC(C(C)c2ccc(Br)cc2)CC1. The van der Waals surface area contributed by atoms with Crippen LogP contribution < -0.4 is 0 Å². The Bertz CT molecular complexity index is 421. The fourth-order valence-electron chi connectivity index (χ4n) is 2.91. The van der Waals surface area contributed by atoms with Crippen LogP contribution in [0.25, 0.3) is 0 Å². The number of benzene rings is 1. The lowest BCUT2D eigenvalue weighted by atomic mass is 9.81. The summed E-state index contributed by atoms with van der Waals surface area (Å²) in [5, 5.41) is 0. The van der Waals surface area contributed by atoms with Gasteiger partial charge in [-0.2, -0.15) is 0 Å². The number of hydrogen-bond acceptors (Lipinski definition) is 1. The molecule has 0 aromatic heterocycles. The Morgan fingerprint density at radius 1 is 1.32 bits per heavy atom. The molecule has 1 amide bonds. The maximum atomic E-state index is 11.7. The Labute approximate surface area is 124 Å². The van der Waals surface area contributed by atoms with Gasteiger partial charge in [0.2, 0.25) is 5.91 Å². The molecule has 3 heteroatoms. The molecule has 2 rings (SSSR count). The molecule has 1 fully saturated rings. The summed E-state index contributed by atoms with van der Waals surface area (Å²) in [5.41, 5.74) is 1.41. The van der Waals surface area contributed by atoms with E-state index in [0.717, 1.165) is 30.4 Å². The Kier molecular flexibility index (Phi) is 5.03. The van der Waals surface area contributed by atoms with Crippen LogP contribution in [0.4, 0.5) is 0 Å². The molecule has 1 aromatic carbocycles. The molecule has 0 radical (unpaired) electrons. The average molecular weight is 324 g/mol. The Morgan fingerprint density at radius 3 is 2.42 bits per heavy atom. The van der Waals surface area contributed by atoms with Crippen molar-refractivity contribution < 1.29 is 4.79 Å². The van der Waals surface area contributed by atoms with Gasteiger partial charge in [-0.3, -0.25) is 4.79 Å². The van der Waals surface area contributed by atoms with E-state index in [1.807, 2.05) is 11.8 Å². The number of carbonyl (C=O) groups is 1. The van der Waals surface area contributed by atoms with Gasteiger partial charge in [-0.1, -0.05) is 41.9 Å². The molecule has 0 N–H and O–H groups in total. The van der Waals surface area contributed by atoms with Gasteiger partial charge in [0, 0.05) is 24.0 Å². The third-order valence-electron chi connectivity index (χ3n) is 4.30. The molecule has 19 heavy (non-hydrogen) atoms. The molecule has 0 saturated carbocycles. The van der Waals surface area contributed by atoms with E-state index in [9.17, 15) is 4.79 Å². The summed E-state index contributed by atoms with van der Waals surface area (Å²) in [7, 11) is 0. The summed E-state index contributed by atoms with van der Waals surface area (Å²) in [6.07, 6.45) is 2.89. The average Bonchev–Trinajstić information content (AvgIpc) is 2.46. The molecule has 1 heterocycles. The van der Waals surface area contributed by atoms with Crippen molar-refractivity contribution in [2.45, 2.75) is 39.0 Å². The van der Waals surface area contributed by atoms with Crippen LogP contribution in [-0.4, -0.2) is 23.9 Å². The van der Waals surface area contributed by atoms with Crippen molar-refractivity contribution in [1.29, 1.82) is 0 Å². The smallest absolute Gasteiger partial charge is 0.222 e. The second-order valence-corrected chi connectivity index (χ2v) is 6.33. The van der Waals surface area contributed by atoms with E-state index < -0.39 is 0 Å². The third kappa shape index (κ3) is 3.59. The van der Waals surface area contributed by atoms with Gasteiger partial charge in [0.05, 0.1) is 0 Å². The number of nitrogens with zero attached hydrogens (tertiary/aromatic N) is 1. The molecule has 1 aliphatic rings. The first-order valence-corrected chi connectivity index (χ1v) is 7.94. The van der Waals surface area contributed by atoms with Gasteiger partial charge < -0.3 is 4.90 Å². The molecule has 104 valence electrons. The van der Waals surface area contributed by atoms with E-state index in [0.29, 0.717) is 24.2 Å². The van der Waals surface area contributed by atoms with Crippen LogP contribution >= 0.6 is 15.9 Å². The molecule has 1 aliphatic heterocycles. The monoisotopic (exact) mass is 323 g/mol. The summed E-state index contributed by atoms with van der Waals surface area (Å²) in [4.78, 5) is 13.7. The highest BCUT2D eigenvalue weighted by atomic mass is 79.9. The fourth-order valence-corrected chi connectivity index (χ4v) is 3.18. The van der Waals surface area contributed by atoms with E-state index in [2.05, 4.69) is 47.1 Å². The van der Waals surface area contributed by atoms with E-state index in [1.54, 1.807) is 0 Å². The van der Waals surface area contributed by atoms with Crippen molar-refractivity contribution >= 4 is 21.8 Å². The minimum absolute atomic E-state index is 0.301. The van der Waals surface area contributed by atoms with Crippen molar-refractivity contribution in [2.75, 3.05) is 13.1 Å². The van der Waals surface area contributed by atoms with Crippen LogP contribution in [0.5, 0.6) is 0 Å². The highest BCUT2D eigenvalue weighted by molar-refractivity contribution is 9.10. The number of rotatable bonds is 3. The molecule has 1 saturated heterocycles. The second-order valence-electron chi connectivity index (χ2n) is 5.41. The number of amides is 1. The maximum absolute atomic E-state index is 11.7. The lowest BCUT2D eigenvalue weighted by Gasteiger charge is -2.35. The van der Waals surface area contributed by atoms with Crippen LogP contribution in [0, 0.1) is 5.92 Å². The Morgan fingerprint density at radius 2 is 1.89 bits per heavy atom. The van der Waals surface area contributed by atoms with Crippen LogP contribution in [0.3, 0.4) is 0 Å². The van der Waals surface area contributed by atoms with Crippen molar-refractivity contribution in [3.8, 4) is 0 Å². The summed E-state index contributed by atoms with van der Waals surface area (Å²) in [5.74, 6) is 1.57. The molecular weight excluding hydrogens is 302 g/mol. The number of hydrogen-bond donors (Lipinski definition) is 0. The Hall–Kier alpha value is -0.830. The van der Waals surface area contributed by atoms with Gasteiger partial charge in [0.1, 0.15) is 0 Å². The van der Waals surface area contributed by atoms with Crippen molar-refractivity contribution in [1.82, 2.24) is 4.90 Å².